The number of nitrogens with zero attached hydrogens (tertiary/aromatic N) is 1. The molecule has 1 amide bonds. The molecular weight excluding hydrogens is 399 g/mol. The molecule has 158 valence electrons. The number of hydrogen-bond donors (Lipinski definition) is 1. The highest BCUT2D eigenvalue weighted by Gasteiger charge is 2.09. The first kappa shape index (κ1) is 21.7. The van der Waals surface area contributed by atoms with Gasteiger partial charge in [0.25, 0.3) is 5.91 Å². The minimum absolute atomic E-state index is 0.297. The van der Waals surface area contributed by atoms with E-state index in [0.717, 1.165) is 6.42 Å². The van der Waals surface area contributed by atoms with Gasteiger partial charge in [-0.05, 0) is 84.8 Å². The molecule has 0 aliphatic rings. The Kier molecular flexibility index (Phi) is 7.48. The van der Waals surface area contributed by atoms with Crippen molar-refractivity contribution in [2.75, 3.05) is 6.61 Å². The number of hydrogen-bond acceptors (Lipinski definition) is 5. The fraction of sp³-hybridized carbons (Fsp3) is 0.125. The van der Waals surface area contributed by atoms with E-state index in [4.69, 9.17) is 9.47 Å². The van der Waals surface area contributed by atoms with Crippen molar-refractivity contribution >= 4 is 18.1 Å². The molecule has 0 bridgehead atoms. The van der Waals surface area contributed by atoms with Crippen molar-refractivity contribution in [2.45, 2.75) is 13.3 Å². The first-order chi connectivity index (χ1) is 15.0. The molecule has 0 aliphatic carbocycles. The summed E-state index contributed by atoms with van der Waals surface area (Å²) in [6, 6.07) is 18.5. The van der Waals surface area contributed by atoms with E-state index in [1.165, 1.54) is 30.5 Å². The minimum atomic E-state index is -0.477. The molecule has 0 saturated carbocycles. The third-order valence-electron chi connectivity index (χ3n) is 4.14. The van der Waals surface area contributed by atoms with Gasteiger partial charge in [0, 0.05) is 5.56 Å². The van der Waals surface area contributed by atoms with E-state index in [9.17, 15) is 14.0 Å². The van der Waals surface area contributed by atoms with Gasteiger partial charge in [0.15, 0.2) is 0 Å². The summed E-state index contributed by atoms with van der Waals surface area (Å²) in [4.78, 5) is 24.2. The molecule has 0 radical (unpaired) electrons. The Balaban J connectivity index is 1.52. The average molecular weight is 420 g/mol. The highest BCUT2D eigenvalue weighted by Crippen LogP contribution is 2.16. The van der Waals surface area contributed by atoms with Gasteiger partial charge in [0.2, 0.25) is 0 Å². The SMILES string of the molecule is CCCOc1ccc(C(=O)Oc2ccc(/C=N\NC(=O)c3ccc(F)cc3)cc2)cc1. The molecule has 0 heterocycles. The molecule has 3 aromatic rings. The zero-order chi connectivity index (χ0) is 22.1. The average Bonchev–Trinajstić information content (AvgIpc) is 2.79. The van der Waals surface area contributed by atoms with Gasteiger partial charge in [-0.15, -0.1) is 0 Å². The number of ether oxygens (including phenoxy) is 2. The molecule has 0 spiro atoms. The van der Waals surface area contributed by atoms with Gasteiger partial charge in [-0.25, -0.2) is 14.6 Å². The van der Waals surface area contributed by atoms with Gasteiger partial charge in [-0.3, -0.25) is 4.79 Å². The monoisotopic (exact) mass is 420 g/mol. The number of carbonyl (C=O) groups excluding carboxylic acids is 2. The Bertz CT molecular complexity index is 1050. The van der Waals surface area contributed by atoms with Gasteiger partial charge in [0.05, 0.1) is 18.4 Å². The van der Waals surface area contributed by atoms with E-state index in [-0.39, 0.29) is 0 Å². The lowest BCUT2D eigenvalue weighted by Crippen LogP contribution is -2.17. The quantitative estimate of drug-likeness (QED) is 0.250. The second-order valence-corrected chi connectivity index (χ2v) is 6.54. The molecule has 1 N–H and O–H groups in total. The van der Waals surface area contributed by atoms with Crippen LogP contribution >= 0.6 is 0 Å². The van der Waals surface area contributed by atoms with Crippen molar-refractivity contribution in [3.05, 3.63) is 95.3 Å². The molecule has 0 saturated heterocycles. The maximum atomic E-state index is 12.9. The van der Waals surface area contributed by atoms with Crippen LogP contribution in [0.4, 0.5) is 4.39 Å². The third kappa shape index (κ3) is 6.50. The summed E-state index contributed by atoms with van der Waals surface area (Å²) in [5, 5.41) is 3.87. The highest BCUT2D eigenvalue weighted by molar-refractivity contribution is 5.95. The summed E-state index contributed by atoms with van der Waals surface area (Å²) < 4.78 is 23.7. The van der Waals surface area contributed by atoms with E-state index < -0.39 is 17.7 Å². The normalized spacial score (nSPS) is 10.6. The second-order valence-electron chi connectivity index (χ2n) is 6.54. The largest absolute Gasteiger partial charge is 0.494 e. The second kappa shape index (κ2) is 10.7. The minimum Gasteiger partial charge on any atom is -0.494 e. The van der Waals surface area contributed by atoms with Crippen LogP contribution in [0.2, 0.25) is 0 Å². The van der Waals surface area contributed by atoms with Crippen LogP contribution in [0.1, 0.15) is 39.6 Å². The molecule has 3 rings (SSSR count). The smallest absolute Gasteiger partial charge is 0.343 e. The highest BCUT2D eigenvalue weighted by atomic mass is 19.1. The van der Waals surface area contributed by atoms with E-state index in [1.807, 2.05) is 6.92 Å². The van der Waals surface area contributed by atoms with Gasteiger partial charge in [-0.2, -0.15) is 5.10 Å². The van der Waals surface area contributed by atoms with Crippen molar-refractivity contribution in [1.82, 2.24) is 5.43 Å². The van der Waals surface area contributed by atoms with Crippen molar-refractivity contribution < 1.29 is 23.5 Å². The molecular formula is C24H21FN2O4. The van der Waals surface area contributed by atoms with Crippen molar-refractivity contribution in [1.29, 1.82) is 0 Å². The lowest BCUT2D eigenvalue weighted by atomic mass is 10.2. The van der Waals surface area contributed by atoms with Crippen LogP contribution in [-0.4, -0.2) is 24.7 Å². The van der Waals surface area contributed by atoms with Crippen molar-refractivity contribution in [2.24, 2.45) is 5.10 Å². The molecule has 0 unspecified atom stereocenters. The standard InChI is InChI=1S/C24H21FN2O4/c1-2-15-30-21-13-7-19(8-14-21)24(29)31-22-11-3-17(4-12-22)16-26-27-23(28)18-5-9-20(25)10-6-18/h3-14,16H,2,15H2,1H3,(H,27,28)/b26-16-. The number of rotatable bonds is 8. The summed E-state index contributed by atoms with van der Waals surface area (Å²) in [6.07, 6.45) is 2.35. The van der Waals surface area contributed by atoms with Crippen LogP contribution < -0.4 is 14.9 Å². The van der Waals surface area contributed by atoms with Crippen molar-refractivity contribution in [3.8, 4) is 11.5 Å². The first-order valence-corrected chi connectivity index (χ1v) is 9.69. The van der Waals surface area contributed by atoms with Crippen molar-refractivity contribution in [3.63, 3.8) is 0 Å². The van der Waals surface area contributed by atoms with Crippen LogP contribution in [0, 0.1) is 5.82 Å². The Morgan fingerprint density at radius 1 is 0.903 bits per heavy atom. The Morgan fingerprint density at radius 3 is 2.16 bits per heavy atom. The number of esters is 1. The lowest BCUT2D eigenvalue weighted by Gasteiger charge is -2.07. The summed E-state index contributed by atoms with van der Waals surface area (Å²) in [6.45, 7) is 2.64. The summed E-state index contributed by atoms with van der Waals surface area (Å²) >= 11 is 0. The summed E-state index contributed by atoms with van der Waals surface area (Å²) in [5.41, 5.74) is 3.77. The third-order valence-corrected chi connectivity index (χ3v) is 4.14. The Morgan fingerprint density at radius 2 is 1.52 bits per heavy atom. The number of amides is 1. The van der Waals surface area contributed by atoms with Gasteiger partial charge >= 0.3 is 5.97 Å². The lowest BCUT2D eigenvalue weighted by molar-refractivity contribution is 0.0734. The fourth-order valence-electron chi connectivity index (χ4n) is 2.53. The zero-order valence-corrected chi connectivity index (χ0v) is 16.9. The van der Waals surface area contributed by atoms with E-state index in [1.54, 1.807) is 48.5 Å². The number of benzene rings is 3. The number of hydrazone groups is 1. The Labute approximate surface area is 179 Å². The predicted molar refractivity (Wildman–Crippen MR) is 115 cm³/mol. The number of halogens is 1. The molecule has 6 nitrogen and oxygen atoms in total. The molecule has 0 atom stereocenters. The topological polar surface area (TPSA) is 77.0 Å². The maximum absolute atomic E-state index is 12.9. The molecule has 3 aromatic carbocycles. The van der Waals surface area contributed by atoms with Crippen LogP contribution in [-0.2, 0) is 0 Å². The van der Waals surface area contributed by atoms with Crippen LogP contribution in [0.25, 0.3) is 0 Å². The fourth-order valence-corrected chi connectivity index (χ4v) is 2.53. The first-order valence-electron chi connectivity index (χ1n) is 9.69. The number of carbonyl (C=O) groups is 2. The van der Waals surface area contributed by atoms with E-state index in [0.29, 0.717) is 34.8 Å². The predicted octanol–water partition coefficient (Wildman–Crippen LogP) is 4.60. The maximum Gasteiger partial charge on any atom is 0.343 e. The van der Waals surface area contributed by atoms with Crippen LogP contribution in [0.3, 0.4) is 0 Å². The Hall–Kier alpha value is -4.00. The molecule has 0 aromatic heterocycles. The number of nitrogens with one attached hydrogen (secondary N) is 1. The van der Waals surface area contributed by atoms with E-state index >= 15 is 0 Å². The van der Waals surface area contributed by atoms with Gasteiger partial charge in [-0.1, -0.05) is 6.92 Å². The van der Waals surface area contributed by atoms with Crippen LogP contribution in [0.15, 0.2) is 77.9 Å². The molecule has 0 fully saturated rings. The van der Waals surface area contributed by atoms with E-state index in [2.05, 4.69) is 10.5 Å². The molecule has 7 heteroatoms. The van der Waals surface area contributed by atoms with Gasteiger partial charge < -0.3 is 9.47 Å². The summed E-state index contributed by atoms with van der Waals surface area (Å²) in [5.74, 6) is -0.265. The molecule has 31 heavy (non-hydrogen) atoms. The molecule has 0 aliphatic heterocycles. The zero-order valence-electron chi connectivity index (χ0n) is 16.9. The van der Waals surface area contributed by atoms with Gasteiger partial charge in [0.1, 0.15) is 17.3 Å². The summed E-state index contributed by atoms with van der Waals surface area (Å²) in [7, 11) is 0. The van der Waals surface area contributed by atoms with Crippen LogP contribution in [0.5, 0.6) is 11.5 Å².